The van der Waals surface area contributed by atoms with Gasteiger partial charge in [-0.25, -0.2) is 0 Å². The highest BCUT2D eigenvalue weighted by molar-refractivity contribution is 5.77. The van der Waals surface area contributed by atoms with Gasteiger partial charge in [-0.1, -0.05) is 12.1 Å². The highest BCUT2D eigenvalue weighted by atomic mass is 16.6. The predicted octanol–water partition coefficient (Wildman–Crippen LogP) is 2.90. The zero-order chi connectivity index (χ0) is 16.6. The maximum absolute atomic E-state index is 11.9. The Morgan fingerprint density at radius 3 is 2.08 bits per heavy atom. The first-order valence-electron chi connectivity index (χ1n) is 7.70. The van der Waals surface area contributed by atoms with Crippen LogP contribution in [0.2, 0.25) is 0 Å². The fourth-order valence-electron chi connectivity index (χ4n) is 3.35. The van der Waals surface area contributed by atoms with Crippen LogP contribution in [-0.2, 0) is 21.6 Å². The zero-order valence-corrected chi connectivity index (χ0v) is 13.1. The molecule has 1 aliphatic carbocycles. The fraction of sp³-hybridized carbons (Fsp3) is 0.158. The molecule has 5 nitrogen and oxygen atoms in total. The van der Waals surface area contributed by atoms with Gasteiger partial charge in [0.1, 0.15) is 0 Å². The van der Waals surface area contributed by atoms with Gasteiger partial charge in [-0.15, -0.1) is 0 Å². The normalized spacial score (nSPS) is 13.9. The molecule has 0 fully saturated rings. The Labute approximate surface area is 139 Å². The molecule has 0 N–H and O–H groups in total. The molecule has 0 spiro atoms. The highest BCUT2D eigenvalue weighted by Crippen LogP contribution is 2.49. The van der Waals surface area contributed by atoms with E-state index in [-0.39, 0.29) is 5.97 Å². The number of carbonyl (C=O) groups excluding carboxylic acids is 1. The van der Waals surface area contributed by atoms with Crippen LogP contribution in [0.1, 0.15) is 23.6 Å². The molecule has 3 aromatic rings. The number of carbonyl (C=O) groups is 1. The van der Waals surface area contributed by atoms with Crippen LogP contribution in [0.4, 0.5) is 0 Å². The van der Waals surface area contributed by atoms with Crippen molar-refractivity contribution in [3.05, 3.63) is 77.9 Å². The molecule has 0 aliphatic heterocycles. The summed E-state index contributed by atoms with van der Waals surface area (Å²) in [5.74, 6) is -0.337. The van der Waals surface area contributed by atoms with Gasteiger partial charge in [-0.05, 0) is 29.8 Å². The van der Waals surface area contributed by atoms with Crippen LogP contribution >= 0.6 is 0 Å². The van der Waals surface area contributed by atoms with E-state index in [1.54, 1.807) is 24.8 Å². The molecule has 0 saturated heterocycles. The molecule has 0 atom stereocenters. The lowest BCUT2D eigenvalue weighted by Gasteiger charge is -2.31. The van der Waals surface area contributed by atoms with Gasteiger partial charge >= 0.3 is 5.97 Å². The molecule has 0 radical (unpaired) electrons. The summed E-state index contributed by atoms with van der Waals surface area (Å²) >= 11 is 0. The van der Waals surface area contributed by atoms with E-state index < -0.39 is 5.60 Å². The summed E-state index contributed by atoms with van der Waals surface area (Å²) in [6.07, 6.45) is 7.44. The molecule has 5 heteroatoms. The molecule has 0 saturated carbocycles. The van der Waals surface area contributed by atoms with Crippen molar-refractivity contribution < 1.29 is 9.53 Å². The Bertz CT molecular complexity index is 864. The van der Waals surface area contributed by atoms with E-state index in [9.17, 15) is 4.79 Å². The third-order valence-electron chi connectivity index (χ3n) is 4.23. The summed E-state index contributed by atoms with van der Waals surface area (Å²) < 4.78 is 5.92. The lowest BCUT2D eigenvalue weighted by Crippen LogP contribution is -2.33. The molecule has 3 heterocycles. The summed E-state index contributed by atoms with van der Waals surface area (Å²) in [6.45, 7) is 1.43. The number of aromatic nitrogens is 3. The van der Waals surface area contributed by atoms with Gasteiger partial charge < -0.3 is 4.74 Å². The fourth-order valence-corrected chi connectivity index (χ4v) is 3.35. The van der Waals surface area contributed by atoms with Gasteiger partial charge in [0.05, 0.1) is 11.4 Å². The highest BCUT2D eigenvalue weighted by Gasteiger charge is 2.47. The number of esters is 1. The van der Waals surface area contributed by atoms with Gasteiger partial charge in [-0.3, -0.25) is 19.7 Å². The minimum Gasteiger partial charge on any atom is -0.449 e. The zero-order valence-electron chi connectivity index (χ0n) is 13.1. The number of hydrogen-bond acceptors (Lipinski definition) is 5. The average Bonchev–Trinajstić information content (AvgIpc) is 2.86. The van der Waals surface area contributed by atoms with Crippen molar-refractivity contribution in [2.45, 2.75) is 18.9 Å². The van der Waals surface area contributed by atoms with E-state index in [1.165, 1.54) is 6.92 Å². The Kier molecular flexibility index (Phi) is 3.34. The van der Waals surface area contributed by atoms with Gasteiger partial charge in [0.15, 0.2) is 5.60 Å². The Morgan fingerprint density at radius 2 is 1.54 bits per heavy atom. The second-order valence-corrected chi connectivity index (χ2v) is 5.75. The summed E-state index contributed by atoms with van der Waals surface area (Å²) in [6, 6.07) is 11.5. The van der Waals surface area contributed by atoms with E-state index in [0.29, 0.717) is 6.42 Å². The van der Waals surface area contributed by atoms with Crippen molar-refractivity contribution in [2.24, 2.45) is 0 Å². The first kappa shape index (κ1) is 14.5. The van der Waals surface area contributed by atoms with Crippen molar-refractivity contribution in [1.82, 2.24) is 15.0 Å². The molecule has 24 heavy (non-hydrogen) atoms. The molecular weight excluding hydrogens is 302 g/mol. The lowest BCUT2D eigenvalue weighted by molar-refractivity contribution is -0.153. The van der Waals surface area contributed by atoms with E-state index in [2.05, 4.69) is 15.0 Å². The van der Waals surface area contributed by atoms with Gasteiger partial charge in [0.25, 0.3) is 0 Å². The SMILES string of the molecule is CC(=O)OC1(Cc2ccncc2)c2cccnc2-c2ncccc21. The van der Waals surface area contributed by atoms with Gasteiger partial charge in [0.2, 0.25) is 0 Å². The van der Waals surface area contributed by atoms with Crippen LogP contribution in [0, 0.1) is 0 Å². The first-order chi connectivity index (χ1) is 11.7. The quantitative estimate of drug-likeness (QED) is 0.695. The van der Waals surface area contributed by atoms with Gasteiger partial charge in [-0.2, -0.15) is 0 Å². The number of ether oxygens (including phenoxy) is 1. The monoisotopic (exact) mass is 317 g/mol. The summed E-state index contributed by atoms with van der Waals surface area (Å²) in [4.78, 5) is 25.0. The lowest BCUT2D eigenvalue weighted by atomic mass is 9.86. The van der Waals surface area contributed by atoms with Crippen molar-refractivity contribution in [1.29, 1.82) is 0 Å². The first-order valence-corrected chi connectivity index (χ1v) is 7.70. The van der Waals surface area contributed by atoms with Crippen molar-refractivity contribution in [3.8, 4) is 11.4 Å². The number of fused-ring (bicyclic) bond motifs is 3. The Balaban J connectivity index is 1.97. The van der Waals surface area contributed by atoms with Crippen LogP contribution in [0.25, 0.3) is 11.4 Å². The van der Waals surface area contributed by atoms with Gasteiger partial charge in [0, 0.05) is 49.3 Å². The Hall–Kier alpha value is -3.08. The molecular formula is C19H15N3O2. The van der Waals surface area contributed by atoms with E-state index in [4.69, 9.17) is 4.74 Å². The molecule has 1 aliphatic rings. The minimum absolute atomic E-state index is 0.337. The smallest absolute Gasteiger partial charge is 0.303 e. The topological polar surface area (TPSA) is 65.0 Å². The van der Waals surface area contributed by atoms with Crippen LogP contribution in [0.5, 0.6) is 0 Å². The predicted molar refractivity (Wildman–Crippen MR) is 88.0 cm³/mol. The molecule has 0 bridgehead atoms. The van der Waals surface area contributed by atoms with Crippen LogP contribution in [0.15, 0.2) is 61.2 Å². The number of pyridine rings is 3. The second kappa shape index (κ2) is 5.53. The molecule has 0 unspecified atom stereocenters. The maximum Gasteiger partial charge on any atom is 0.303 e. The van der Waals surface area contributed by atoms with Crippen molar-refractivity contribution in [3.63, 3.8) is 0 Å². The molecule has 0 aromatic carbocycles. The number of rotatable bonds is 3. The van der Waals surface area contributed by atoms with Crippen molar-refractivity contribution in [2.75, 3.05) is 0 Å². The molecule has 3 aromatic heterocycles. The van der Waals surface area contributed by atoms with Crippen LogP contribution in [-0.4, -0.2) is 20.9 Å². The van der Waals surface area contributed by atoms with E-state index in [1.807, 2.05) is 36.4 Å². The average molecular weight is 317 g/mol. The van der Waals surface area contributed by atoms with Crippen molar-refractivity contribution >= 4 is 5.97 Å². The van der Waals surface area contributed by atoms with Crippen LogP contribution in [0.3, 0.4) is 0 Å². The Morgan fingerprint density at radius 1 is 0.958 bits per heavy atom. The number of hydrogen-bond donors (Lipinski definition) is 0. The second-order valence-electron chi connectivity index (χ2n) is 5.75. The standard InChI is InChI=1S/C19H15N3O2/c1-13(23)24-19(12-14-6-10-20-11-7-14)15-4-2-8-21-17(15)18-16(19)5-3-9-22-18/h2-11H,12H2,1H3. The molecule has 0 amide bonds. The molecule has 118 valence electrons. The summed E-state index contributed by atoms with van der Waals surface area (Å²) in [5.41, 5.74) is 3.38. The largest absolute Gasteiger partial charge is 0.449 e. The third kappa shape index (κ3) is 2.17. The van der Waals surface area contributed by atoms with E-state index in [0.717, 1.165) is 28.1 Å². The minimum atomic E-state index is -0.916. The van der Waals surface area contributed by atoms with Crippen LogP contribution < -0.4 is 0 Å². The summed E-state index contributed by atoms with van der Waals surface area (Å²) in [5, 5.41) is 0. The number of nitrogens with zero attached hydrogens (tertiary/aromatic N) is 3. The maximum atomic E-state index is 11.9. The third-order valence-corrected chi connectivity index (χ3v) is 4.23. The van der Waals surface area contributed by atoms with E-state index >= 15 is 0 Å². The summed E-state index contributed by atoms with van der Waals surface area (Å²) in [7, 11) is 0. The molecule has 4 rings (SSSR count).